The van der Waals surface area contributed by atoms with Crippen molar-refractivity contribution < 1.29 is 9.59 Å². The second-order valence-corrected chi connectivity index (χ2v) is 4.86. The van der Waals surface area contributed by atoms with Crippen LogP contribution in [0.2, 0.25) is 0 Å². The zero-order chi connectivity index (χ0) is 11.5. The Kier molecular flexibility index (Phi) is 3.97. The number of rotatable bonds is 2. The molecule has 3 amide bonds. The second-order valence-electron chi connectivity index (χ2n) is 4.59. The number of alkyl halides is 1. The Morgan fingerprint density at radius 1 is 1.47 bits per heavy atom. The van der Waals surface area contributed by atoms with Crippen LogP contribution < -0.4 is 10.6 Å². The number of urea groups is 1. The Balaban J connectivity index is 2.41. The van der Waals surface area contributed by atoms with Gasteiger partial charge in [-0.3, -0.25) is 10.1 Å². The SMILES string of the molecule is CC1(C)CCCC1NC(=O)NC(=O)CCl. The van der Waals surface area contributed by atoms with E-state index in [1.807, 2.05) is 0 Å². The number of halogens is 1. The zero-order valence-electron chi connectivity index (χ0n) is 9.10. The van der Waals surface area contributed by atoms with Crippen molar-refractivity contribution in [3.8, 4) is 0 Å². The van der Waals surface area contributed by atoms with E-state index in [0.717, 1.165) is 19.3 Å². The van der Waals surface area contributed by atoms with Crippen LogP contribution in [0.4, 0.5) is 4.79 Å². The molecule has 86 valence electrons. The van der Waals surface area contributed by atoms with E-state index in [2.05, 4.69) is 24.5 Å². The molecule has 1 atom stereocenters. The second kappa shape index (κ2) is 4.84. The van der Waals surface area contributed by atoms with Crippen LogP contribution in [0.5, 0.6) is 0 Å². The quantitative estimate of drug-likeness (QED) is 0.711. The van der Waals surface area contributed by atoms with Crippen molar-refractivity contribution in [2.75, 3.05) is 5.88 Å². The Morgan fingerprint density at radius 2 is 2.13 bits per heavy atom. The van der Waals surface area contributed by atoms with Gasteiger partial charge in [-0.1, -0.05) is 20.3 Å². The first-order valence-corrected chi connectivity index (χ1v) is 5.65. The van der Waals surface area contributed by atoms with Gasteiger partial charge in [0.2, 0.25) is 5.91 Å². The lowest BCUT2D eigenvalue weighted by Gasteiger charge is -2.27. The van der Waals surface area contributed by atoms with Crippen molar-refractivity contribution in [1.29, 1.82) is 0 Å². The molecule has 4 nitrogen and oxygen atoms in total. The van der Waals surface area contributed by atoms with E-state index in [1.165, 1.54) is 0 Å². The predicted molar refractivity (Wildman–Crippen MR) is 58.8 cm³/mol. The number of amides is 3. The fourth-order valence-electron chi connectivity index (χ4n) is 1.95. The highest BCUT2D eigenvalue weighted by Gasteiger charge is 2.35. The number of carbonyl (C=O) groups is 2. The summed E-state index contributed by atoms with van der Waals surface area (Å²) in [5.74, 6) is -0.661. The maximum Gasteiger partial charge on any atom is 0.321 e. The van der Waals surface area contributed by atoms with Crippen molar-refractivity contribution in [2.45, 2.75) is 39.2 Å². The Labute approximate surface area is 94.7 Å². The van der Waals surface area contributed by atoms with Crippen molar-refractivity contribution in [3.05, 3.63) is 0 Å². The van der Waals surface area contributed by atoms with Crippen molar-refractivity contribution >= 4 is 23.5 Å². The smallest absolute Gasteiger partial charge is 0.321 e. The summed E-state index contributed by atoms with van der Waals surface area (Å²) >= 11 is 5.28. The van der Waals surface area contributed by atoms with Gasteiger partial charge in [-0.25, -0.2) is 4.79 Å². The number of hydrogen-bond acceptors (Lipinski definition) is 2. The number of nitrogens with one attached hydrogen (secondary N) is 2. The molecule has 0 bridgehead atoms. The highest BCUT2D eigenvalue weighted by Crippen LogP contribution is 2.36. The fourth-order valence-corrected chi connectivity index (χ4v) is 2.02. The first kappa shape index (κ1) is 12.3. The minimum atomic E-state index is -0.468. The monoisotopic (exact) mass is 232 g/mol. The molecule has 0 aromatic heterocycles. The van der Waals surface area contributed by atoms with Gasteiger partial charge in [0.1, 0.15) is 5.88 Å². The molecule has 5 heteroatoms. The van der Waals surface area contributed by atoms with Gasteiger partial charge in [0, 0.05) is 6.04 Å². The molecule has 1 fully saturated rings. The van der Waals surface area contributed by atoms with Crippen molar-refractivity contribution in [2.24, 2.45) is 5.41 Å². The summed E-state index contributed by atoms with van der Waals surface area (Å²) in [4.78, 5) is 22.2. The van der Waals surface area contributed by atoms with Crippen LogP contribution in [-0.4, -0.2) is 23.9 Å². The van der Waals surface area contributed by atoms with Crippen LogP contribution in [0.25, 0.3) is 0 Å². The molecule has 1 unspecified atom stereocenters. The molecule has 0 aromatic carbocycles. The lowest BCUT2D eigenvalue weighted by Crippen LogP contribution is -2.48. The van der Waals surface area contributed by atoms with Gasteiger partial charge in [-0.2, -0.15) is 0 Å². The number of hydrogen-bond donors (Lipinski definition) is 2. The summed E-state index contributed by atoms with van der Waals surface area (Å²) in [6.45, 7) is 4.24. The van der Waals surface area contributed by atoms with Crippen LogP contribution in [0.3, 0.4) is 0 Å². The lowest BCUT2D eigenvalue weighted by molar-refractivity contribution is -0.117. The van der Waals surface area contributed by atoms with Gasteiger partial charge in [-0.15, -0.1) is 11.6 Å². The summed E-state index contributed by atoms with van der Waals surface area (Å²) in [7, 11) is 0. The maximum absolute atomic E-state index is 11.4. The largest absolute Gasteiger partial charge is 0.335 e. The van der Waals surface area contributed by atoms with Crippen molar-refractivity contribution in [1.82, 2.24) is 10.6 Å². The molecule has 0 radical (unpaired) electrons. The first-order chi connectivity index (χ1) is 6.95. The van der Waals surface area contributed by atoms with Crippen LogP contribution in [0.15, 0.2) is 0 Å². The van der Waals surface area contributed by atoms with Crippen LogP contribution in [-0.2, 0) is 4.79 Å². The molecule has 1 aliphatic rings. The third-order valence-electron chi connectivity index (χ3n) is 2.94. The summed E-state index contributed by atoms with van der Waals surface area (Å²) in [6.07, 6.45) is 3.18. The molecule has 2 N–H and O–H groups in total. The van der Waals surface area contributed by atoms with Crippen LogP contribution in [0.1, 0.15) is 33.1 Å². The van der Waals surface area contributed by atoms with Crippen LogP contribution >= 0.6 is 11.6 Å². The van der Waals surface area contributed by atoms with E-state index in [1.54, 1.807) is 0 Å². The minimum absolute atomic E-state index is 0.112. The topological polar surface area (TPSA) is 58.2 Å². The van der Waals surface area contributed by atoms with E-state index in [4.69, 9.17) is 11.6 Å². The van der Waals surface area contributed by atoms with Gasteiger partial charge in [0.05, 0.1) is 0 Å². The van der Waals surface area contributed by atoms with Gasteiger partial charge in [0.15, 0.2) is 0 Å². The molecule has 1 rings (SSSR count). The fraction of sp³-hybridized carbons (Fsp3) is 0.800. The highest BCUT2D eigenvalue weighted by atomic mass is 35.5. The molecule has 0 saturated heterocycles. The standard InChI is InChI=1S/C10H17ClN2O2/c1-10(2)5-3-4-7(10)12-9(15)13-8(14)6-11/h7H,3-6H2,1-2H3,(H2,12,13,14,15). The molecule has 0 aromatic rings. The number of imide groups is 1. The summed E-state index contributed by atoms with van der Waals surface area (Å²) < 4.78 is 0. The van der Waals surface area contributed by atoms with E-state index in [-0.39, 0.29) is 17.3 Å². The molecule has 0 aliphatic heterocycles. The molecule has 0 spiro atoms. The van der Waals surface area contributed by atoms with E-state index < -0.39 is 11.9 Å². The Hall–Kier alpha value is -0.770. The third-order valence-corrected chi connectivity index (χ3v) is 3.18. The maximum atomic E-state index is 11.4. The normalized spacial score (nSPS) is 23.5. The average Bonchev–Trinajstić information content (AvgIpc) is 2.45. The summed E-state index contributed by atoms with van der Waals surface area (Å²) in [5, 5.41) is 4.98. The molecular weight excluding hydrogens is 216 g/mol. The Morgan fingerprint density at radius 3 is 2.60 bits per heavy atom. The number of carbonyl (C=O) groups excluding carboxylic acids is 2. The molecule has 1 aliphatic carbocycles. The first-order valence-electron chi connectivity index (χ1n) is 5.12. The third kappa shape index (κ3) is 3.38. The van der Waals surface area contributed by atoms with Crippen molar-refractivity contribution in [3.63, 3.8) is 0 Å². The lowest BCUT2D eigenvalue weighted by atomic mass is 9.87. The minimum Gasteiger partial charge on any atom is -0.335 e. The average molecular weight is 233 g/mol. The molecular formula is C10H17ClN2O2. The van der Waals surface area contributed by atoms with Gasteiger partial charge >= 0.3 is 6.03 Å². The zero-order valence-corrected chi connectivity index (χ0v) is 9.86. The summed E-state index contributed by atoms with van der Waals surface area (Å²) in [6, 6.07) is -0.304. The van der Waals surface area contributed by atoms with Crippen LogP contribution in [0, 0.1) is 5.41 Å². The van der Waals surface area contributed by atoms with Gasteiger partial charge in [-0.05, 0) is 18.3 Å². The van der Waals surface area contributed by atoms with E-state index in [0.29, 0.717) is 0 Å². The van der Waals surface area contributed by atoms with Gasteiger partial charge in [0.25, 0.3) is 0 Å². The molecule has 15 heavy (non-hydrogen) atoms. The highest BCUT2D eigenvalue weighted by molar-refractivity contribution is 6.28. The molecule has 1 saturated carbocycles. The van der Waals surface area contributed by atoms with Gasteiger partial charge < -0.3 is 5.32 Å². The summed E-state index contributed by atoms with van der Waals surface area (Å²) in [5.41, 5.74) is 0.112. The van der Waals surface area contributed by atoms with E-state index >= 15 is 0 Å². The van der Waals surface area contributed by atoms with E-state index in [9.17, 15) is 9.59 Å². The molecule has 0 heterocycles. The Bertz CT molecular complexity index is 266. The predicted octanol–water partition coefficient (Wildman–Crippen LogP) is 1.63.